The average molecular weight is 228 g/mol. The molecule has 96 valence electrons. The lowest BCUT2D eigenvalue weighted by Gasteiger charge is -2.46. The molecule has 0 saturated carbocycles. The topological polar surface area (TPSA) is 26.7 Å². The van der Waals surface area contributed by atoms with Crippen LogP contribution in [0.5, 0.6) is 0 Å². The van der Waals surface area contributed by atoms with Gasteiger partial charge in [-0.1, -0.05) is 0 Å². The molecule has 1 rings (SSSR count). The molecule has 3 heteroatoms. The van der Waals surface area contributed by atoms with Gasteiger partial charge in [0.2, 0.25) is 0 Å². The Hall–Kier alpha value is -0.120. The van der Waals surface area contributed by atoms with Crippen molar-refractivity contribution in [2.75, 3.05) is 32.8 Å². The fourth-order valence-corrected chi connectivity index (χ4v) is 2.68. The molecule has 0 aromatic heterocycles. The first-order chi connectivity index (χ1) is 7.45. The minimum absolute atomic E-state index is 0.288. The molecule has 0 amide bonds. The lowest BCUT2D eigenvalue weighted by atomic mass is 10.0. The van der Waals surface area contributed by atoms with Crippen LogP contribution in [-0.2, 0) is 0 Å². The van der Waals surface area contributed by atoms with Gasteiger partial charge < -0.3 is 10.0 Å². The average Bonchev–Trinajstić information content (AvgIpc) is 2.16. The molecule has 0 bridgehead atoms. The molecular formula is C13H28N2O. The van der Waals surface area contributed by atoms with Crippen LogP contribution in [0, 0.1) is 0 Å². The summed E-state index contributed by atoms with van der Waals surface area (Å²) in [7, 11) is 0. The van der Waals surface area contributed by atoms with E-state index in [1.165, 1.54) is 19.6 Å². The Morgan fingerprint density at radius 1 is 1.19 bits per heavy atom. The Kier molecular flexibility index (Phi) is 5.22. The van der Waals surface area contributed by atoms with Crippen LogP contribution >= 0.6 is 0 Å². The summed E-state index contributed by atoms with van der Waals surface area (Å²) in [6.07, 6.45) is 2.06. The summed E-state index contributed by atoms with van der Waals surface area (Å²) >= 11 is 0. The lowest BCUT2D eigenvalue weighted by molar-refractivity contribution is 0.0173. The zero-order chi connectivity index (χ0) is 12.2. The number of nitrogens with zero attached hydrogens (tertiary/aromatic N) is 2. The highest BCUT2D eigenvalue weighted by Crippen LogP contribution is 2.20. The molecule has 1 aliphatic heterocycles. The number of aliphatic hydroxyl groups is 1. The lowest BCUT2D eigenvalue weighted by Crippen LogP contribution is -2.58. The second-order valence-electron chi connectivity index (χ2n) is 5.94. The summed E-state index contributed by atoms with van der Waals surface area (Å²) in [5.74, 6) is 0. The van der Waals surface area contributed by atoms with Gasteiger partial charge in [0.25, 0.3) is 0 Å². The first kappa shape index (κ1) is 13.9. The first-order valence-electron chi connectivity index (χ1n) is 6.55. The summed E-state index contributed by atoms with van der Waals surface area (Å²) in [6, 6.07) is 0.642. The molecule has 0 aromatic rings. The van der Waals surface area contributed by atoms with E-state index in [1.807, 2.05) is 0 Å². The largest absolute Gasteiger partial charge is 0.396 e. The van der Waals surface area contributed by atoms with Crippen molar-refractivity contribution in [3.63, 3.8) is 0 Å². The molecule has 3 nitrogen and oxygen atoms in total. The third-order valence-corrected chi connectivity index (χ3v) is 3.46. The first-order valence-corrected chi connectivity index (χ1v) is 6.55. The van der Waals surface area contributed by atoms with Crippen molar-refractivity contribution >= 4 is 0 Å². The molecule has 1 atom stereocenters. The van der Waals surface area contributed by atoms with E-state index in [-0.39, 0.29) is 5.54 Å². The van der Waals surface area contributed by atoms with Gasteiger partial charge in [-0.3, -0.25) is 4.90 Å². The fourth-order valence-electron chi connectivity index (χ4n) is 2.68. The standard InChI is InChI=1S/C13H28N2O/c1-12-11-14(7-5-6-10-16)8-9-15(12)13(2,3)4/h12,16H,5-11H2,1-4H3. The number of unbranched alkanes of at least 4 members (excludes halogenated alkanes) is 1. The summed E-state index contributed by atoms with van der Waals surface area (Å²) in [5, 5.41) is 8.77. The minimum Gasteiger partial charge on any atom is -0.396 e. The molecule has 16 heavy (non-hydrogen) atoms. The molecule has 1 aliphatic rings. The second kappa shape index (κ2) is 5.99. The minimum atomic E-state index is 0.288. The van der Waals surface area contributed by atoms with E-state index in [0.29, 0.717) is 12.6 Å². The van der Waals surface area contributed by atoms with Gasteiger partial charge in [0.15, 0.2) is 0 Å². The van der Waals surface area contributed by atoms with E-state index in [2.05, 4.69) is 37.5 Å². The van der Waals surface area contributed by atoms with E-state index in [4.69, 9.17) is 5.11 Å². The van der Waals surface area contributed by atoms with Gasteiger partial charge in [-0.15, -0.1) is 0 Å². The smallest absolute Gasteiger partial charge is 0.0431 e. The maximum Gasteiger partial charge on any atom is 0.0431 e. The van der Waals surface area contributed by atoms with Crippen LogP contribution in [0.25, 0.3) is 0 Å². The maximum absolute atomic E-state index is 8.77. The third-order valence-electron chi connectivity index (χ3n) is 3.46. The van der Waals surface area contributed by atoms with Gasteiger partial charge in [-0.05, 0) is 47.1 Å². The van der Waals surface area contributed by atoms with Crippen LogP contribution in [-0.4, -0.2) is 59.3 Å². The molecular weight excluding hydrogens is 200 g/mol. The summed E-state index contributed by atoms with van der Waals surface area (Å²) in [4.78, 5) is 5.12. The molecule has 1 unspecified atom stereocenters. The molecule has 1 fully saturated rings. The zero-order valence-electron chi connectivity index (χ0n) is 11.4. The van der Waals surface area contributed by atoms with Gasteiger partial charge in [0.1, 0.15) is 0 Å². The zero-order valence-corrected chi connectivity index (χ0v) is 11.4. The van der Waals surface area contributed by atoms with Gasteiger partial charge in [-0.2, -0.15) is 0 Å². The Balaban J connectivity index is 2.34. The van der Waals surface area contributed by atoms with Crippen LogP contribution in [0.2, 0.25) is 0 Å². The predicted octanol–water partition coefficient (Wildman–Crippen LogP) is 1.56. The molecule has 0 radical (unpaired) electrons. The highest BCUT2D eigenvalue weighted by atomic mass is 16.2. The summed E-state index contributed by atoms with van der Waals surface area (Å²) in [5.41, 5.74) is 0.288. The van der Waals surface area contributed by atoms with Gasteiger partial charge >= 0.3 is 0 Å². The van der Waals surface area contributed by atoms with Crippen molar-refractivity contribution in [2.24, 2.45) is 0 Å². The molecule has 0 aromatic carbocycles. The molecule has 1 heterocycles. The van der Waals surface area contributed by atoms with E-state index in [9.17, 15) is 0 Å². The van der Waals surface area contributed by atoms with Crippen LogP contribution in [0.1, 0.15) is 40.5 Å². The number of aliphatic hydroxyl groups excluding tert-OH is 1. The van der Waals surface area contributed by atoms with Crippen LogP contribution < -0.4 is 0 Å². The van der Waals surface area contributed by atoms with Crippen molar-refractivity contribution < 1.29 is 5.11 Å². The van der Waals surface area contributed by atoms with Crippen LogP contribution in [0.4, 0.5) is 0 Å². The predicted molar refractivity (Wildman–Crippen MR) is 68.7 cm³/mol. The molecule has 0 spiro atoms. The summed E-state index contributed by atoms with van der Waals surface area (Å²) in [6.45, 7) is 14.2. The Bertz CT molecular complexity index is 201. The maximum atomic E-state index is 8.77. The Morgan fingerprint density at radius 2 is 1.88 bits per heavy atom. The van der Waals surface area contributed by atoms with E-state index >= 15 is 0 Å². The summed E-state index contributed by atoms with van der Waals surface area (Å²) < 4.78 is 0. The van der Waals surface area contributed by atoms with Crippen LogP contribution in [0.3, 0.4) is 0 Å². The van der Waals surface area contributed by atoms with E-state index < -0.39 is 0 Å². The van der Waals surface area contributed by atoms with Crippen molar-refractivity contribution in [1.29, 1.82) is 0 Å². The SMILES string of the molecule is CC1CN(CCCCO)CCN1C(C)(C)C. The van der Waals surface area contributed by atoms with E-state index in [1.54, 1.807) is 0 Å². The highest BCUT2D eigenvalue weighted by Gasteiger charge is 2.30. The van der Waals surface area contributed by atoms with E-state index in [0.717, 1.165) is 19.4 Å². The van der Waals surface area contributed by atoms with Gasteiger partial charge in [-0.25, -0.2) is 0 Å². The third kappa shape index (κ3) is 4.04. The quantitative estimate of drug-likeness (QED) is 0.740. The number of piperazine rings is 1. The fraction of sp³-hybridized carbons (Fsp3) is 1.00. The van der Waals surface area contributed by atoms with Crippen molar-refractivity contribution in [1.82, 2.24) is 9.80 Å². The second-order valence-corrected chi connectivity index (χ2v) is 5.94. The Labute approximate surface area is 100 Å². The highest BCUT2D eigenvalue weighted by molar-refractivity contribution is 4.87. The molecule has 1 N–H and O–H groups in total. The number of hydrogen-bond donors (Lipinski definition) is 1. The van der Waals surface area contributed by atoms with Crippen LogP contribution in [0.15, 0.2) is 0 Å². The van der Waals surface area contributed by atoms with Crippen molar-refractivity contribution in [3.8, 4) is 0 Å². The van der Waals surface area contributed by atoms with Gasteiger partial charge in [0.05, 0.1) is 0 Å². The molecule has 0 aliphatic carbocycles. The number of hydrogen-bond acceptors (Lipinski definition) is 3. The normalized spacial score (nSPS) is 24.9. The van der Waals surface area contributed by atoms with Crippen molar-refractivity contribution in [3.05, 3.63) is 0 Å². The van der Waals surface area contributed by atoms with Crippen molar-refractivity contribution in [2.45, 2.75) is 52.1 Å². The molecule has 1 saturated heterocycles. The monoisotopic (exact) mass is 228 g/mol. The number of rotatable bonds is 4. The Morgan fingerprint density at radius 3 is 2.38 bits per heavy atom. The van der Waals surface area contributed by atoms with Gasteiger partial charge in [0, 0.05) is 37.8 Å².